The van der Waals surface area contributed by atoms with E-state index in [9.17, 15) is 23.6 Å². The van der Waals surface area contributed by atoms with Crippen LogP contribution >= 0.6 is 0 Å². The predicted molar refractivity (Wildman–Crippen MR) is 150 cm³/mol. The summed E-state index contributed by atoms with van der Waals surface area (Å²) in [5.41, 5.74) is 1.30. The SMILES string of the molecule is CN(C)C(=O)/C=C/CC[C@H](OC(=O)N(C)C)C(=O)Cc1cccn(Cc2nc3c(F)cnc(CC4CC4)c3[nH]2)c1=O. The summed E-state index contributed by atoms with van der Waals surface area (Å²) in [7, 11) is 6.26. The highest BCUT2D eigenvalue weighted by Gasteiger charge is 2.26. The van der Waals surface area contributed by atoms with Gasteiger partial charge in [0.25, 0.3) is 5.56 Å². The number of halogens is 1. The Hall–Kier alpha value is -4.35. The van der Waals surface area contributed by atoms with Gasteiger partial charge in [-0.1, -0.05) is 12.1 Å². The van der Waals surface area contributed by atoms with Gasteiger partial charge in [0.05, 0.1) is 24.0 Å². The van der Waals surface area contributed by atoms with Crippen molar-refractivity contribution in [2.24, 2.45) is 5.92 Å². The van der Waals surface area contributed by atoms with Crippen LogP contribution in [0.15, 0.2) is 41.5 Å². The maximum atomic E-state index is 14.4. The summed E-state index contributed by atoms with van der Waals surface area (Å²) in [5.74, 6) is -0.230. The minimum Gasteiger partial charge on any atom is -0.438 e. The number of hydrogen-bond acceptors (Lipinski definition) is 7. The third-order valence-electron chi connectivity index (χ3n) is 6.83. The Morgan fingerprint density at radius 2 is 1.98 bits per heavy atom. The zero-order chi connectivity index (χ0) is 29.7. The number of aromatic amines is 1. The number of nitrogens with zero attached hydrogens (tertiary/aromatic N) is 5. The fourth-order valence-electron chi connectivity index (χ4n) is 4.29. The highest BCUT2D eigenvalue weighted by atomic mass is 19.1. The zero-order valence-electron chi connectivity index (χ0n) is 23.7. The number of H-pyrrole nitrogens is 1. The van der Waals surface area contributed by atoms with Gasteiger partial charge in [0.1, 0.15) is 11.3 Å². The van der Waals surface area contributed by atoms with E-state index in [1.54, 1.807) is 38.5 Å². The second kappa shape index (κ2) is 12.9. The molecule has 0 unspecified atom stereocenters. The van der Waals surface area contributed by atoms with Crippen LogP contribution in [-0.4, -0.2) is 81.4 Å². The van der Waals surface area contributed by atoms with Gasteiger partial charge in [-0.3, -0.25) is 19.4 Å². The molecular formula is C29H35FN6O5. The molecule has 1 N–H and O–H groups in total. The number of carbonyl (C=O) groups excluding carboxylic acids is 3. The number of pyridine rings is 2. The fourth-order valence-corrected chi connectivity index (χ4v) is 4.29. The summed E-state index contributed by atoms with van der Waals surface area (Å²) >= 11 is 0. The van der Waals surface area contributed by atoms with Gasteiger partial charge < -0.3 is 24.1 Å². The van der Waals surface area contributed by atoms with E-state index in [0.717, 1.165) is 25.0 Å². The van der Waals surface area contributed by atoms with E-state index in [1.165, 1.54) is 40.7 Å². The van der Waals surface area contributed by atoms with Crippen molar-refractivity contribution in [3.63, 3.8) is 0 Å². The summed E-state index contributed by atoms with van der Waals surface area (Å²) in [5, 5.41) is 0. The second-order valence-electron chi connectivity index (χ2n) is 10.7. The van der Waals surface area contributed by atoms with E-state index in [2.05, 4.69) is 15.0 Å². The number of ketones is 1. The van der Waals surface area contributed by atoms with Crippen LogP contribution in [0.5, 0.6) is 0 Å². The number of fused-ring (bicyclic) bond motifs is 1. The van der Waals surface area contributed by atoms with E-state index >= 15 is 0 Å². The van der Waals surface area contributed by atoms with E-state index in [0.29, 0.717) is 23.7 Å². The molecule has 0 bridgehead atoms. The molecule has 12 heteroatoms. The molecule has 3 aromatic rings. The Labute approximate surface area is 237 Å². The van der Waals surface area contributed by atoms with Gasteiger partial charge >= 0.3 is 6.09 Å². The molecule has 1 fully saturated rings. The van der Waals surface area contributed by atoms with Gasteiger partial charge in [-0.15, -0.1) is 0 Å². The molecule has 1 atom stereocenters. The van der Waals surface area contributed by atoms with E-state index in [-0.39, 0.29) is 36.4 Å². The minimum atomic E-state index is -1.10. The molecule has 1 aliphatic carbocycles. The number of imidazole rings is 1. The van der Waals surface area contributed by atoms with Crippen LogP contribution in [0, 0.1) is 11.7 Å². The number of Topliss-reactive ketones (excluding diaryl/α,β-unsaturated/α-hetero) is 1. The number of ether oxygens (including phenoxy) is 1. The third-order valence-corrected chi connectivity index (χ3v) is 6.83. The Morgan fingerprint density at radius 3 is 2.66 bits per heavy atom. The maximum Gasteiger partial charge on any atom is 0.409 e. The van der Waals surface area contributed by atoms with Crippen LogP contribution < -0.4 is 5.56 Å². The molecular weight excluding hydrogens is 531 g/mol. The van der Waals surface area contributed by atoms with Crippen LogP contribution in [0.2, 0.25) is 0 Å². The smallest absolute Gasteiger partial charge is 0.409 e. The van der Waals surface area contributed by atoms with Crippen molar-refractivity contribution < 1.29 is 23.5 Å². The van der Waals surface area contributed by atoms with Crippen molar-refractivity contribution in [1.29, 1.82) is 0 Å². The summed E-state index contributed by atoms with van der Waals surface area (Å²) in [4.78, 5) is 64.9. The Balaban J connectivity index is 1.49. The monoisotopic (exact) mass is 566 g/mol. The number of aromatic nitrogens is 4. The summed E-state index contributed by atoms with van der Waals surface area (Å²) < 4.78 is 21.2. The third kappa shape index (κ3) is 7.65. The van der Waals surface area contributed by atoms with E-state index in [4.69, 9.17) is 4.74 Å². The lowest BCUT2D eigenvalue weighted by molar-refractivity contribution is -0.127. The van der Waals surface area contributed by atoms with E-state index < -0.39 is 29.4 Å². The van der Waals surface area contributed by atoms with Gasteiger partial charge in [-0.05, 0) is 50.2 Å². The molecule has 218 valence electrons. The molecule has 0 saturated heterocycles. The van der Waals surface area contributed by atoms with Crippen LogP contribution in [0.1, 0.15) is 42.8 Å². The Bertz CT molecular complexity index is 1520. The fraction of sp³-hybridized carbons (Fsp3) is 0.448. The standard InChI is InChI=1S/C29H35FN6O5/c1-34(2)25(38)10-6-5-9-23(41-29(40)35(3)4)22(37)15-19-8-7-13-36(28(19)39)17-24-32-26-20(30)16-31-21(27(26)33-24)14-18-11-12-18/h6-8,10,13,16,18,23H,5,9,11-12,14-15,17H2,1-4H3,(H,32,33)/b10-6+/t23-/m0/s1. The Morgan fingerprint density at radius 1 is 1.22 bits per heavy atom. The van der Waals surface area contributed by atoms with Crippen molar-refractivity contribution in [3.8, 4) is 0 Å². The molecule has 11 nitrogen and oxygen atoms in total. The predicted octanol–water partition coefficient (Wildman–Crippen LogP) is 2.86. The maximum absolute atomic E-state index is 14.4. The number of allylic oxidation sites excluding steroid dienone is 1. The first-order valence-electron chi connectivity index (χ1n) is 13.5. The number of carbonyl (C=O) groups is 3. The van der Waals surface area contributed by atoms with Crippen LogP contribution in [0.3, 0.4) is 0 Å². The van der Waals surface area contributed by atoms with Crippen molar-refractivity contribution >= 4 is 28.8 Å². The van der Waals surface area contributed by atoms with Crippen LogP contribution in [0.25, 0.3) is 11.0 Å². The topological polar surface area (TPSA) is 130 Å². The van der Waals surface area contributed by atoms with Gasteiger partial charge in [0.15, 0.2) is 17.7 Å². The van der Waals surface area contributed by atoms with Gasteiger partial charge in [-0.2, -0.15) is 0 Å². The van der Waals surface area contributed by atoms with Crippen LogP contribution in [0.4, 0.5) is 9.18 Å². The number of hydrogen-bond donors (Lipinski definition) is 1. The lowest BCUT2D eigenvalue weighted by Gasteiger charge is -2.19. The highest BCUT2D eigenvalue weighted by molar-refractivity contribution is 5.88. The Kier molecular flexibility index (Phi) is 9.31. The quantitative estimate of drug-likeness (QED) is 0.334. The van der Waals surface area contributed by atoms with Gasteiger partial charge in [-0.25, -0.2) is 14.2 Å². The summed E-state index contributed by atoms with van der Waals surface area (Å²) in [6.45, 7) is 0.0432. The number of amides is 2. The average Bonchev–Trinajstić information content (AvgIpc) is 3.64. The molecule has 2 amide bonds. The summed E-state index contributed by atoms with van der Waals surface area (Å²) in [6, 6.07) is 3.19. The number of likely N-dealkylation sites (N-methyl/N-ethyl adjacent to an activating group) is 1. The first-order valence-corrected chi connectivity index (χ1v) is 13.5. The average molecular weight is 567 g/mol. The highest BCUT2D eigenvalue weighted by Crippen LogP contribution is 2.33. The van der Waals surface area contributed by atoms with Crippen molar-refractivity contribution in [1.82, 2.24) is 29.3 Å². The minimum absolute atomic E-state index is 0.0432. The molecule has 41 heavy (non-hydrogen) atoms. The first-order chi connectivity index (χ1) is 19.5. The van der Waals surface area contributed by atoms with Crippen molar-refractivity contribution in [2.45, 2.75) is 51.2 Å². The molecule has 0 aliphatic heterocycles. The first kappa shape index (κ1) is 29.6. The number of nitrogens with one attached hydrogen (secondary N) is 1. The van der Waals surface area contributed by atoms with Gasteiger partial charge in [0.2, 0.25) is 5.91 Å². The molecule has 0 spiro atoms. The molecule has 0 aromatic carbocycles. The lowest BCUT2D eigenvalue weighted by atomic mass is 10.0. The van der Waals surface area contributed by atoms with Gasteiger partial charge in [0, 0.05) is 46.4 Å². The zero-order valence-corrected chi connectivity index (χ0v) is 23.7. The normalized spacial score (nSPS) is 13.9. The molecule has 1 saturated carbocycles. The van der Waals surface area contributed by atoms with Crippen molar-refractivity contribution in [2.75, 3.05) is 28.2 Å². The molecule has 3 aromatic heterocycles. The number of rotatable bonds is 12. The van der Waals surface area contributed by atoms with Crippen molar-refractivity contribution in [3.05, 3.63) is 69.9 Å². The lowest BCUT2D eigenvalue weighted by Crippen LogP contribution is -2.35. The largest absolute Gasteiger partial charge is 0.438 e. The molecule has 1 aliphatic rings. The van der Waals surface area contributed by atoms with E-state index in [1.807, 2.05) is 0 Å². The van der Waals surface area contributed by atoms with Crippen LogP contribution in [-0.2, 0) is 33.7 Å². The molecule has 4 rings (SSSR count). The summed E-state index contributed by atoms with van der Waals surface area (Å²) in [6.07, 6.45) is 7.18. The molecule has 3 heterocycles. The molecule has 0 radical (unpaired) electrons. The second-order valence-corrected chi connectivity index (χ2v) is 10.7.